The number of rotatable bonds is 3. The molecule has 3 heterocycles. The third-order valence-electron chi connectivity index (χ3n) is 5.29. The van der Waals surface area contributed by atoms with Gasteiger partial charge in [0.2, 0.25) is 5.82 Å². The molecule has 7 heteroatoms. The van der Waals surface area contributed by atoms with Crippen LogP contribution in [0, 0.1) is 19.7 Å². The van der Waals surface area contributed by atoms with Gasteiger partial charge in [0.15, 0.2) is 5.69 Å². The summed E-state index contributed by atoms with van der Waals surface area (Å²) in [7, 11) is 0. The molecule has 2 aromatic carbocycles. The first-order valence-corrected chi connectivity index (χ1v) is 9.42. The first-order chi connectivity index (χ1) is 14.1. The molecule has 4 aromatic rings. The second-order valence-electron chi connectivity index (χ2n) is 7.28. The van der Waals surface area contributed by atoms with Gasteiger partial charge in [-0.05, 0) is 54.8 Å². The van der Waals surface area contributed by atoms with Crippen molar-refractivity contribution in [2.75, 3.05) is 0 Å². The number of aromatic nitrogens is 4. The van der Waals surface area contributed by atoms with Crippen LogP contribution in [0.1, 0.15) is 28.5 Å². The van der Waals surface area contributed by atoms with Crippen LogP contribution in [0.25, 0.3) is 23.0 Å². The van der Waals surface area contributed by atoms with E-state index in [1.54, 1.807) is 12.1 Å². The average molecular weight is 390 g/mol. The van der Waals surface area contributed by atoms with Crippen LogP contribution >= 0.6 is 0 Å². The van der Waals surface area contributed by atoms with Crippen molar-refractivity contribution in [1.29, 1.82) is 0 Å². The van der Waals surface area contributed by atoms with E-state index in [2.05, 4.69) is 29.1 Å². The van der Waals surface area contributed by atoms with E-state index in [0.717, 1.165) is 16.8 Å². The van der Waals surface area contributed by atoms with E-state index >= 15 is 0 Å². The van der Waals surface area contributed by atoms with Crippen molar-refractivity contribution in [2.24, 2.45) is 0 Å². The van der Waals surface area contributed by atoms with Gasteiger partial charge >= 0.3 is 0 Å². The molecule has 0 fully saturated rings. The van der Waals surface area contributed by atoms with Gasteiger partial charge in [-0.2, -0.15) is 10.1 Å². The molecule has 0 spiro atoms. The number of aryl methyl sites for hydroxylation is 2. The molecule has 0 bridgehead atoms. The van der Waals surface area contributed by atoms with Crippen molar-refractivity contribution < 1.29 is 13.7 Å². The molecule has 0 unspecified atom stereocenters. The van der Waals surface area contributed by atoms with E-state index in [9.17, 15) is 4.39 Å². The second-order valence-corrected chi connectivity index (χ2v) is 7.28. The molecule has 0 radical (unpaired) electrons. The summed E-state index contributed by atoms with van der Waals surface area (Å²) >= 11 is 0. The molecule has 0 aliphatic carbocycles. The van der Waals surface area contributed by atoms with Gasteiger partial charge in [0.1, 0.15) is 11.9 Å². The van der Waals surface area contributed by atoms with Crippen molar-refractivity contribution in [1.82, 2.24) is 19.9 Å². The predicted octanol–water partition coefficient (Wildman–Crippen LogP) is 4.63. The Labute approximate surface area is 166 Å². The Balaban J connectivity index is 1.40. The second kappa shape index (κ2) is 6.93. The molecule has 1 atom stereocenters. The summed E-state index contributed by atoms with van der Waals surface area (Å²) in [6.07, 6.45) is -0.176. The molecule has 146 valence electrons. The van der Waals surface area contributed by atoms with E-state index in [1.165, 1.54) is 23.3 Å². The normalized spacial score (nSPS) is 16.0. The lowest BCUT2D eigenvalue weighted by molar-refractivity contribution is -0.00116. The third-order valence-corrected chi connectivity index (χ3v) is 5.29. The van der Waals surface area contributed by atoms with Crippen molar-refractivity contribution in [3.63, 3.8) is 0 Å². The third kappa shape index (κ3) is 3.34. The van der Waals surface area contributed by atoms with Crippen LogP contribution in [0.4, 0.5) is 4.39 Å². The molecule has 29 heavy (non-hydrogen) atoms. The topological polar surface area (TPSA) is 66.0 Å². The van der Waals surface area contributed by atoms with Gasteiger partial charge in [-0.25, -0.2) is 4.39 Å². The van der Waals surface area contributed by atoms with Crippen molar-refractivity contribution in [3.05, 3.63) is 76.7 Å². The number of halogens is 1. The van der Waals surface area contributed by atoms with Crippen molar-refractivity contribution >= 4 is 0 Å². The summed E-state index contributed by atoms with van der Waals surface area (Å²) in [6, 6.07) is 14.3. The fraction of sp³-hybridized carbons (Fsp3) is 0.227. The lowest BCUT2D eigenvalue weighted by atomic mass is 10.1. The maximum absolute atomic E-state index is 13.2. The molecule has 6 nitrogen and oxygen atoms in total. The molecular weight excluding hydrogens is 371 g/mol. The predicted molar refractivity (Wildman–Crippen MR) is 104 cm³/mol. The Morgan fingerprint density at radius 3 is 2.66 bits per heavy atom. The maximum Gasteiger partial charge on any atom is 0.278 e. The average Bonchev–Trinajstić information content (AvgIpc) is 3.37. The van der Waals surface area contributed by atoms with Gasteiger partial charge in [-0.15, -0.1) is 0 Å². The Bertz CT molecular complexity index is 1180. The Hall–Kier alpha value is -3.32. The molecule has 1 aliphatic heterocycles. The summed E-state index contributed by atoms with van der Waals surface area (Å²) < 4.78 is 26.4. The van der Waals surface area contributed by atoms with Gasteiger partial charge in [-0.3, -0.25) is 4.68 Å². The number of ether oxygens (including phenoxy) is 1. The number of benzene rings is 2. The Morgan fingerprint density at radius 2 is 1.86 bits per heavy atom. The quantitative estimate of drug-likeness (QED) is 0.510. The van der Waals surface area contributed by atoms with E-state index in [1.807, 2.05) is 28.9 Å². The minimum Gasteiger partial charge on any atom is -0.365 e. The lowest BCUT2D eigenvalue weighted by Crippen LogP contribution is -2.21. The number of fused-ring (bicyclic) bond motifs is 1. The van der Waals surface area contributed by atoms with Crippen LogP contribution in [0.3, 0.4) is 0 Å². The smallest absolute Gasteiger partial charge is 0.278 e. The number of hydrogen-bond donors (Lipinski definition) is 0. The number of nitrogens with zero attached hydrogens (tertiary/aromatic N) is 4. The summed E-state index contributed by atoms with van der Waals surface area (Å²) in [5, 5.41) is 8.73. The molecule has 0 amide bonds. The molecule has 0 saturated heterocycles. The zero-order valence-corrected chi connectivity index (χ0v) is 16.1. The van der Waals surface area contributed by atoms with Crippen molar-refractivity contribution in [2.45, 2.75) is 33.1 Å². The molecule has 0 N–H and O–H groups in total. The van der Waals surface area contributed by atoms with Crippen LogP contribution in [0.2, 0.25) is 0 Å². The molecule has 1 aliphatic rings. The maximum atomic E-state index is 13.2. The Kier molecular flexibility index (Phi) is 4.24. The van der Waals surface area contributed by atoms with E-state index in [-0.39, 0.29) is 11.9 Å². The van der Waals surface area contributed by atoms with Gasteiger partial charge in [0, 0.05) is 5.56 Å². The Morgan fingerprint density at radius 1 is 1.03 bits per heavy atom. The van der Waals surface area contributed by atoms with Crippen LogP contribution in [0.5, 0.6) is 0 Å². The van der Waals surface area contributed by atoms with Gasteiger partial charge in [-0.1, -0.05) is 29.4 Å². The number of hydrogen-bond acceptors (Lipinski definition) is 5. The highest BCUT2D eigenvalue weighted by atomic mass is 19.1. The van der Waals surface area contributed by atoms with Crippen LogP contribution in [-0.2, 0) is 17.9 Å². The molecule has 0 saturated carbocycles. The van der Waals surface area contributed by atoms with Crippen LogP contribution < -0.4 is 0 Å². The van der Waals surface area contributed by atoms with Gasteiger partial charge in [0.05, 0.1) is 18.8 Å². The molecule has 2 aromatic heterocycles. The standard InChI is InChI=1S/C22H19FN4O2/c1-13-3-4-16(9-14(13)2)21-24-22(29-26-21)19-10-18-12-28-20(11-27(18)25-19)15-5-7-17(23)8-6-15/h3-10,20H,11-12H2,1-2H3/t20-/m1/s1. The summed E-state index contributed by atoms with van der Waals surface area (Å²) in [5.41, 5.74) is 5.77. The fourth-order valence-electron chi connectivity index (χ4n) is 3.43. The van der Waals surface area contributed by atoms with Gasteiger partial charge in [0.25, 0.3) is 5.89 Å². The lowest BCUT2D eigenvalue weighted by Gasteiger charge is -2.24. The van der Waals surface area contributed by atoms with Gasteiger partial charge < -0.3 is 9.26 Å². The van der Waals surface area contributed by atoms with Crippen LogP contribution in [0.15, 0.2) is 53.1 Å². The van der Waals surface area contributed by atoms with E-state index in [4.69, 9.17) is 9.26 Å². The largest absolute Gasteiger partial charge is 0.365 e. The zero-order valence-electron chi connectivity index (χ0n) is 16.1. The zero-order chi connectivity index (χ0) is 20.0. The summed E-state index contributed by atoms with van der Waals surface area (Å²) in [6.45, 7) is 5.07. The monoisotopic (exact) mass is 390 g/mol. The molecule has 5 rings (SSSR count). The van der Waals surface area contributed by atoms with E-state index in [0.29, 0.717) is 30.6 Å². The molecular formula is C22H19FN4O2. The highest BCUT2D eigenvalue weighted by Crippen LogP contribution is 2.29. The highest BCUT2D eigenvalue weighted by molar-refractivity contribution is 5.59. The fourth-order valence-corrected chi connectivity index (χ4v) is 3.43. The highest BCUT2D eigenvalue weighted by Gasteiger charge is 2.24. The first kappa shape index (κ1) is 17.8. The first-order valence-electron chi connectivity index (χ1n) is 9.42. The van der Waals surface area contributed by atoms with E-state index < -0.39 is 0 Å². The van der Waals surface area contributed by atoms with Crippen molar-refractivity contribution in [3.8, 4) is 23.0 Å². The minimum absolute atomic E-state index is 0.176. The van der Waals surface area contributed by atoms with Crippen LogP contribution in [-0.4, -0.2) is 19.9 Å². The summed E-state index contributed by atoms with van der Waals surface area (Å²) in [4.78, 5) is 4.52. The summed E-state index contributed by atoms with van der Waals surface area (Å²) in [5.74, 6) is 0.649. The minimum atomic E-state index is -0.261. The SMILES string of the molecule is Cc1ccc(-c2noc(-c3cc4n(n3)C[C@H](c3ccc(F)cc3)OC4)n2)cc1C.